The van der Waals surface area contributed by atoms with Crippen LogP contribution < -0.4 is 16.0 Å². The summed E-state index contributed by atoms with van der Waals surface area (Å²) in [6.07, 6.45) is 5.10. The lowest BCUT2D eigenvalue weighted by atomic mass is 9.90. The highest BCUT2D eigenvalue weighted by Crippen LogP contribution is 2.32. The average Bonchev–Trinajstić information content (AvgIpc) is 2.83. The Morgan fingerprint density at radius 1 is 1.15 bits per heavy atom. The van der Waals surface area contributed by atoms with E-state index < -0.39 is 17.5 Å². The summed E-state index contributed by atoms with van der Waals surface area (Å²) < 4.78 is 0. The van der Waals surface area contributed by atoms with Crippen molar-refractivity contribution in [3.63, 3.8) is 0 Å². The van der Waals surface area contributed by atoms with Gasteiger partial charge in [-0.2, -0.15) is 0 Å². The van der Waals surface area contributed by atoms with Crippen LogP contribution in [0.25, 0.3) is 0 Å². The van der Waals surface area contributed by atoms with Gasteiger partial charge in [-0.05, 0) is 31.0 Å². The van der Waals surface area contributed by atoms with Crippen LogP contribution in [0.3, 0.4) is 0 Å². The molecule has 5 amide bonds. The fourth-order valence-corrected chi connectivity index (χ4v) is 3.72. The molecule has 1 saturated carbocycles. The molecule has 8 nitrogen and oxygen atoms in total. The van der Waals surface area contributed by atoms with Gasteiger partial charge in [-0.15, -0.1) is 0 Å². The van der Waals surface area contributed by atoms with E-state index in [1.54, 1.807) is 18.2 Å². The second kappa shape index (κ2) is 7.77. The maximum absolute atomic E-state index is 12.8. The van der Waals surface area contributed by atoms with E-state index in [9.17, 15) is 19.2 Å². The molecule has 1 spiro atoms. The lowest BCUT2D eigenvalue weighted by Crippen LogP contribution is -2.47. The third kappa shape index (κ3) is 3.94. The quantitative estimate of drug-likeness (QED) is 0.698. The van der Waals surface area contributed by atoms with Crippen molar-refractivity contribution < 1.29 is 19.2 Å². The summed E-state index contributed by atoms with van der Waals surface area (Å²) >= 11 is 0. The van der Waals surface area contributed by atoms with Crippen molar-refractivity contribution >= 4 is 29.4 Å². The fraction of sp³-hybridized carbons (Fsp3) is 0.474. The first kappa shape index (κ1) is 18.9. The third-order valence-corrected chi connectivity index (χ3v) is 5.14. The van der Waals surface area contributed by atoms with Gasteiger partial charge in [-0.3, -0.25) is 19.3 Å². The molecule has 0 atom stereocenters. The second-order valence-electron chi connectivity index (χ2n) is 7.03. The van der Waals surface area contributed by atoms with Gasteiger partial charge < -0.3 is 16.0 Å². The summed E-state index contributed by atoms with van der Waals surface area (Å²) in [7, 11) is 1.52. The first-order valence-corrected chi connectivity index (χ1v) is 9.21. The van der Waals surface area contributed by atoms with Gasteiger partial charge in [-0.1, -0.05) is 31.7 Å². The van der Waals surface area contributed by atoms with E-state index in [1.165, 1.54) is 13.1 Å². The predicted molar refractivity (Wildman–Crippen MR) is 99.1 cm³/mol. The Labute approximate surface area is 157 Å². The van der Waals surface area contributed by atoms with Gasteiger partial charge in [0, 0.05) is 18.3 Å². The number of imide groups is 1. The van der Waals surface area contributed by atoms with Gasteiger partial charge in [0.25, 0.3) is 11.8 Å². The molecule has 144 valence electrons. The number of hydrogen-bond donors (Lipinski definition) is 3. The molecule has 3 N–H and O–H groups in total. The second-order valence-corrected chi connectivity index (χ2v) is 7.03. The molecule has 1 aromatic rings. The zero-order valence-corrected chi connectivity index (χ0v) is 15.3. The number of benzene rings is 1. The topological polar surface area (TPSA) is 108 Å². The van der Waals surface area contributed by atoms with Gasteiger partial charge in [0.05, 0.1) is 0 Å². The van der Waals surface area contributed by atoms with Crippen molar-refractivity contribution in [2.45, 2.75) is 44.1 Å². The molecule has 0 radical (unpaired) electrons. The number of amides is 5. The normalized spacial score (nSPS) is 18.8. The van der Waals surface area contributed by atoms with Crippen molar-refractivity contribution in [1.29, 1.82) is 0 Å². The molecule has 8 heteroatoms. The number of nitrogens with one attached hydrogen (secondary N) is 3. The van der Waals surface area contributed by atoms with Crippen molar-refractivity contribution in [2.24, 2.45) is 0 Å². The van der Waals surface area contributed by atoms with Gasteiger partial charge in [0.1, 0.15) is 12.1 Å². The number of urea groups is 1. The maximum atomic E-state index is 12.8. The SMILES string of the molecule is CNC(=O)c1cccc(NC(=O)CN2C(=O)NC3(CCCCCC3)C2=O)c1. The van der Waals surface area contributed by atoms with Gasteiger partial charge in [-0.25, -0.2) is 4.79 Å². The highest BCUT2D eigenvalue weighted by Gasteiger charge is 2.51. The zero-order chi connectivity index (χ0) is 19.4. The molecular weight excluding hydrogens is 348 g/mol. The zero-order valence-electron chi connectivity index (χ0n) is 15.3. The van der Waals surface area contributed by atoms with E-state index in [2.05, 4.69) is 16.0 Å². The molecule has 1 aliphatic carbocycles. The molecule has 1 saturated heterocycles. The lowest BCUT2D eigenvalue weighted by Gasteiger charge is -2.24. The summed E-state index contributed by atoms with van der Waals surface area (Å²) in [5.41, 5.74) is -0.0208. The molecule has 27 heavy (non-hydrogen) atoms. The first-order chi connectivity index (χ1) is 12.9. The van der Waals surface area contributed by atoms with Crippen LogP contribution in [0.1, 0.15) is 48.9 Å². The van der Waals surface area contributed by atoms with E-state index in [0.29, 0.717) is 24.1 Å². The Bertz CT molecular complexity index is 769. The third-order valence-electron chi connectivity index (χ3n) is 5.14. The molecule has 2 fully saturated rings. The number of nitrogens with zero attached hydrogens (tertiary/aromatic N) is 1. The van der Waals surface area contributed by atoms with Crippen LogP contribution in [0.5, 0.6) is 0 Å². The number of anilines is 1. The van der Waals surface area contributed by atoms with E-state index in [4.69, 9.17) is 0 Å². The summed E-state index contributed by atoms with van der Waals surface area (Å²) in [4.78, 5) is 50.2. The van der Waals surface area contributed by atoms with E-state index in [0.717, 1.165) is 30.6 Å². The number of carbonyl (C=O) groups excluding carboxylic acids is 4. The molecule has 1 aromatic carbocycles. The smallest absolute Gasteiger partial charge is 0.325 e. The summed E-state index contributed by atoms with van der Waals surface area (Å²) in [5.74, 6) is -1.07. The average molecular weight is 372 g/mol. The molecule has 1 heterocycles. The van der Waals surface area contributed by atoms with Gasteiger partial charge in [0.15, 0.2) is 0 Å². The van der Waals surface area contributed by atoms with E-state index in [1.807, 2.05) is 0 Å². The Morgan fingerprint density at radius 2 is 1.85 bits per heavy atom. The van der Waals surface area contributed by atoms with Crippen molar-refractivity contribution in [3.8, 4) is 0 Å². The Balaban J connectivity index is 1.66. The summed E-state index contributed by atoms with van der Waals surface area (Å²) in [5, 5.41) is 7.97. The maximum Gasteiger partial charge on any atom is 0.325 e. The summed E-state index contributed by atoms with van der Waals surface area (Å²) in [6.45, 7) is -0.351. The van der Waals surface area contributed by atoms with Crippen LogP contribution in [-0.2, 0) is 9.59 Å². The summed E-state index contributed by atoms with van der Waals surface area (Å²) in [6, 6.07) is 5.94. The van der Waals surface area contributed by atoms with Gasteiger partial charge >= 0.3 is 6.03 Å². The first-order valence-electron chi connectivity index (χ1n) is 9.21. The number of carbonyl (C=O) groups is 4. The number of rotatable bonds is 4. The molecule has 3 rings (SSSR count). The molecule has 1 aliphatic heterocycles. The highest BCUT2D eigenvalue weighted by atomic mass is 16.2. The van der Waals surface area contributed by atoms with E-state index >= 15 is 0 Å². The van der Waals surface area contributed by atoms with Crippen LogP contribution in [0.15, 0.2) is 24.3 Å². The Morgan fingerprint density at radius 3 is 2.52 bits per heavy atom. The van der Waals surface area contributed by atoms with Crippen LogP contribution in [0, 0.1) is 0 Å². The Hall–Kier alpha value is -2.90. The van der Waals surface area contributed by atoms with Crippen molar-refractivity contribution in [2.75, 3.05) is 18.9 Å². The minimum absolute atomic E-state index is 0.268. The molecule has 2 aliphatic rings. The minimum atomic E-state index is -0.854. The molecule has 0 unspecified atom stereocenters. The van der Waals surface area contributed by atoms with Crippen molar-refractivity contribution in [1.82, 2.24) is 15.5 Å². The standard InChI is InChI=1S/C19H24N4O4/c1-20-16(25)13-7-6-8-14(11-13)21-15(24)12-23-17(26)19(22-18(23)27)9-4-2-3-5-10-19/h6-8,11H,2-5,9-10,12H2,1H3,(H,20,25)(H,21,24)(H,22,27). The predicted octanol–water partition coefficient (Wildman–Crippen LogP) is 1.63. The highest BCUT2D eigenvalue weighted by molar-refractivity contribution is 6.10. The fourth-order valence-electron chi connectivity index (χ4n) is 3.72. The molecule has 0 bridgehead atoms. The largest absolute Gasteiger partial charge is 0.355 e. The molecule has 0 aromatic heterocycles. The van der Waals surface area contributed by atoms with Crippen LogP contribution in [0.2, 0.25) is 0 Å². The monoisotopic (exact) mass is 372 g/mol. The lowest BCUT2D eigenvalue weighted by molar-refractivity contribution is -0.134. The molecular formula is C19H24N4O4. The Kier molecular flexibility index (Phi) is 5.43. The van der Waals surface area contributed by atoms with Crippen molar-refractivity contribution in [3.05, 3.63) is 29.8 Å². The van der Waals surface area contributed by atoms with Crippen LogP contribution in [0.4, 0.5) is 10.5 Å². The van der Waals surface area contributed by atoms with Crippen LogP contribution in [-0.4, -0.2) is 47.8 Å². The van der Waals surface area contributed by atoms with E-state index in [-0.39, 0.29) is 18.4 Å². The van der Waals surface area contributed by atoms with Gasteiger partial charge in [0.2, 0.25) is 5.91 Å². The minimum Gasteiger partial charge on any atom is -0.355 e. The van der Waals surface area contributed by atoms with Crippen LogP contribution >= 0.6 is 0 Å². The number of hydrogen-bond acceptors (Lipinski definition) is 4.